The predicted octanol–water partition coefficient (Wildman–Crippen LogP) is 1.42. The number of nitrogens with two attached hydrogens (primary N) is 1. The average Bonchev–Trinajstić information content (AvgIpc) is 2.03. The molecule has 1 aromatic heterocycles. The molecule has 0 unspecified atom stereocenters. The minimum atomic E-state index is -0.450. The minimum Gasteiger partial charge on any atom is -0.366 e. The van der Waals surface area contributed by atoms with E-state index in [1.54, 1.807) is 24.5 Å². The molecule has 0 bridgehead atoms. The van der Waals surface area contributed by atoms with E-state index in [2.05, 4.69) is 4.98 Å². The zero-order chi connectivity index (χ0) is 8.10. The number of carbonyl (C=O) groups excluding carboxylic acids is 1. The minimum absolute atomic E-state index is 0. The van der Waals surface area contributed by atoms with Crippen molar-refractivity contribution >= 4 is 36.8 Å². The molecule has 0 atom stereocenters. The molecule has 2 N–H and O–H groups in total. The van der Waals surface area contributed by atoms with Crippen LogP contribution in [0.3, 0.4) is 0 Å². The number of primary amides is 1. The van der Waals surface area contributed by atoms with E-state index in [0.29, 0.717) is 0 Å². The molecule has 0 saturated carbocycles. The topological polar surface area (TPSA) is 56.0 Å². The van der Waals surface area contributed by atoms with E-state index in [1.165, 1.54) is 6.08 Å². The van der Waals surface area contributed by atoms with Gasteiger partial charge in [0, 0.05) is 18.5 Å². The van der Waals surface area contributed by atoms with E-state index < -0.39 is 5.91 Å². The van der Waals surface area contributed by atoms with Gasteiger partial charge in [0.05, 0.1) is 0 Å². The van der Waals surface area contributed by atoms with Crippen molar-refractivity contribution in [3.8, 4) is 0 Å². The third kappa shape index (κ3) is 6.13. The number of amides is 1. The second-order valence-electron chi connectivity index (χ2n) is 2.02. The SMILES string of the molecule is Cl.Cl.NC(=O)/C=C/c1cccnc1. The van der Waals surface area contributed by atoms with Gasteiger partial charge in [-0.3, -0.25) is 9.78 Å². The highest BCUT2D eigenvalue weighted by molar-refractivity contribution is 5.90. The molecular weight excluding hydrogens is 211 g/mol. The summed E-state index contributed by atoms with van der Waals surface area (Å²) >= 11 is 0. The fraction of sp³-hybridized carbons (Fsp3) is 0. The Morgan fingerprint density at radius 3 is 2.62 bits per heavy atom. The van der Waals surface area contributed by atoms with Crippen LogP contribution in [0.1, 0.15) is 5.56 Å². The lowest BCUT2D eigenvalue weighted by Gasteiger charge is -1.87. The molecule has 0 fully saturated rings. The van der Waals surface area contributed by atoms with Crippen LogP contribution in [0.5, 0.6) is 0 Å². The number of nitrogens with zero attached hydrogens (tertiary/aromatic N) is 1. The zero-order valence-electron chi connectivity index (χ0n) is 6.71. The van der Waals surface area contributed by atoms with Gasteiger partial charge >= 0.3 is 0 Å². The summed E-state index contributed by atoms with van der Waals surface area (Å²) in [6.07, 6.45) is 6.24. The molecule has 0 aromatic carbocycles. The maximum atomic E-state index is 10.3. The highest BCUT2D eigenvalue weighted by Crippen LogP contribution is 1.97. The molecule has 5 heteroatoms. The third-order valence-corrected chi connectivity index (χ3v) is 1.12. The van der Waals surface area contributed by atoms with Gasteiger partial charge in [-0.2, -0.15) is 0 Å². The van der Waals surface area contributed by atoms with E-state index in [0.717, 1.165) is 5.56 Å². The number of carbonyl (C=O) groups is 1. The Hall–Kier alpha value is -1.06. The van der Waals surface area contributed by atoms with Crippen LogP contribution in [0.2, 0.25) is 0 Å². The summed E-state index contributed by atoms with van der Waals surface area (Å²) < 4.78 is 0. The third-order valence-electron chi connectivity index (χ3n) is 1.12. The number of pyridine rings is 1. The van der Waals surface area contributed by atoms with Gasteiger partial charge in [0.1, 0.15) is 0 Å². The summed E-state index contributed by atoms with van der Waals surface area (Å²) in [6.45, 7) is 0. The van der Waals surface area contributed by atoms with E-state index in [4.69, 9.17) is 5.73 Å². The van der Waals surface area contributed by atoms with Crippen molar-refractivity contribution in [2.24, 2.45) is 5.73 Å². The molecule has 1 heterocycles. The molecule has 0 saturated heterocycles. The van der Waals surface area contributed by atoms with Gasteiger partial charge < -0.3 is 5.73 Å². The Kier molecular flexibility index (Phi) is 8.44. The normalized spacial score (nSPS) is 8.62. The molecule has 13 heavy (non-hydrogen) atoms. The summed E-state index contributed by atoms with van der Waals surface area (Å²) in [5.74, 6) is -0.450. The number of hydrogen-bond acceptors (Lipinski definition) is 2. The molecule has 72 valence electrons. The fourth-order valence-corrected chi connectivity index (χ4v) is 0.653. The van der Waals surface area contributed by atoms with Gasteiger partial charge in [-0.1, -0.05) is 6.07 Å². The summed E-state index contributed by atoms with van der Waals surface area (Å²) in [5.41, 5.74) is 5.76. The first kappa shape index (κ1) is 14.5. The first-order chi connectivity index (χ1) is 5.29. The molecule has 0 aliphatic heterocycles. The van der Waals surface area contributed by atoms with E-state index in [-0.39, 0.29) is 24.8 Å². The molecule has 1 rings (SSSR count). The highest BCUT2D eigenvalue weighted by atomic mass is 35.5. The summed E-state index contributed by atoms with van der Waals surface area (Å²) in [6, 6.07) is 3.63. The second kappa shape index (κ2) is 7.58. The lowest BCUT2D eigenvalue weighted by molar-refractivity contribution is -0.113. The lowest BCUT2D eigenvalue weighted by Crippen LogP contribution is -2.05. The van der Waals surface area contributed by atoms with Gasteiger partial charge in [-0.05, 0) is 17.7 Å². The van der Waals surface area contributed by atoms with Gasteiger partial charge in [-0.25, -0.2) is 0 Å². The fourth-order valence-electron chi connectivity index (χ4n) is 0.653. The Bertz CT molecular complexity index is 275. The van der Waals surface area contributed by atoms with Crippen LogP contribution in [-0.4, -0.2) is 10.9 Å². The second-order valence-corrected chi connectivity index (χ2v) is 2.02. The van der Waals surface area contributed by atoms with Crippen LogP contribution < -0.4 is 5.73 Å². The quantitative estimate of drug-likeness (QED) is 0.768. The lowest BCUT2D eigenvalue weighted by atomic mass is 10.2. The number of rotatable bonds is 2. The molecule has 3 nitrogen and oxygen atoms in total. The van der Waals surface area contributed by atoms with Crippen molar-refractivity contribution in [2.75, 3.05) is 0 Å². The molecule has 0 radical (unpaired) electrons. The summed E-state index contributed by atoms with van der Waals surface area (Å²) in [7, 11) is 0. The Morgan fingerprint density at radius 2 is 2.15 bits per heavy atom. The zero-order valence-corrected chi connectivity index (χ0v) is 8.35. The van der Waals surface area contributed by atoms with E-state index in [9.17, 15) is 4.79 Å². The van der Waals surface area contributed by atoms with Gasteiger partial charge in [-0.15, -0.1) is 24.8 Å². The largest absolute Gasteiger partial charge is 0.366 e. The molecule has 0 aliphatic rings. The van der Waals surface area contributed by atoms with Gasteiger partial charge in [0.2, 0.25) is 5.91 Å². The van der Waals surface area contributed by atoms with Crippen molar-refractivity contribution in [1.29, 1.82) is 0 Å². The summed E-state index contributed by atoms with van der Waals surface area (Å²) in [5, 5.41) is 0. The van der Waals surface area contributed by atoms with Crippen LogP contribution in [0.25, 0.3) is 6.08 Å². The maximum Gasteiger partial charge on any atom is 0.241 e. The Balaban J connectivity index is 0. The maximum absolute atomic E-state index is 10.3. The van der Waals surface area contributed by atoms with Crippen molar-refractivity contribution in [3.63, 3.8) is 0 Å². The number of halogens is 2. The summed E-state index contributed by atoms with van der Waals surface area (Å²) in [4.78, 5) is 14.1. The first-order valence-corrected chi connectivity index (χ1v) is 3.16. The number of hydrogen-bond donors (Lipinski definition) is 1. The van der Waals surface area contributed by atoms with Gasteiger partial charge in [0.15, 0.2) is 0 Å². The van der Waals surface area contributed by atoms with Crippen LogP contribution in [0.15, 0.2) is 30.6 Å². The molecular formula is C8H10Cl2N2O. The van der Waals surface area contributed by atoms with Crippen molar-refractivity contribution < 1.29 is 4.79 Å². The van der Waals surface area contributed by atoms with Crippen LogP contribution >= 0.6 is 24.8 Å². The van der Waals surface area contributed by atoms with Crippen LogP contribution in [0, 0.1) is 0 Å². The Morgan fingerprint density at radius 1 is 1.46 bits per heavy atom. The van der Waals surface area contributed by atoms with Gasteiger partial charge in [0.25, 0.3) is 0 Å². The smallest absolute Gasteiger partial charge is 0.241 e. The van der Waals surface area contributed by atoms with Crippen molar-refractivity contribution in [3.05, 3.63) is 36.2 Å². The van der Waals surface area contributed by atoms with Crippen LogP contribution in [0.4, 0.5) is 0 Å². The molecule has 0 spiro atoms. The first-order valence-electron chi connectivity index (χ1n) is 3.16. The molecule has 0 aliphatic carbocycles. The Labute approximate surface area is 88.9 Å². The van der Waals surface area contributed by atoms with E-state index >= 15 is 0 Å². The number of aromatic nitrogens is 1. The van der Waals surface area contributed by atoms with Crippen molar-refractivity contribution in [2.45, 2.75) is 0 Å². The van der Waals surface area contributed by atoms with Crippen molar-refractivity contribution in [1.82, 2.24) is 4.98 Å². The molecule has 1 amide bonds. The highest BCUT2D eigenvalue weighted by Gasteiger charge is 1.84. The predicted molar refractivity (Wildman–Crippen MR) is 57.0 cm³/mol. The van der Waals surface area contributed by atoms with Crippen LogP contribution in [-0.2, 0) is 4.79 Å². The molecule has 1 aromatic rings. The monoisotopic (exact) mass is 220 g/mol. The standard InChI is InChI=1S/C8H8N2O.2ClH/c9-8(11)4-3-7-2-1-5-10-6-7;;/h1-6H,(H2,9,11);2*1H/b4-3+;;. The van der Waals surface area contributed by atoms with E-state index in [1.807, 2.05) is 6.07 Å². The average molecular weight is 221 g/mol.